The number of amides is 1. The molecule has 0 saturated heterocycles. The lowest BCUT2D eigenvalue weighted by molar-refractivity contribution is -0.117. The Kier molecular flexibility index (Phi) is 2.91. The molecule has 0 radical (unpaired) electrons. The number of nitrogens with two attached hydrogens (primary N) is 1. The maximum atomic E-state index is 10.3. The van der Waals surface area contributed by atoms with Crippen molar-refractivity contribution < 1.29 is 4.79 Å². The van der Waals surface area contributed by atoms with E-state index in [1.165, 1.54) is 0 Å². The molecule has 3 heteroatoms. The average Bonchev–Trinajstić information content (AvgIpc) is 1.85. The molecule has 0 aliphatic carbocycles. The molecule has 10 heavy (non-hydrogen) atoms. The SMILES string of the molecule is C#CC(C)(C)NCC(N)=O. The Labute approximate surface area is 61.0 Å². The number of terminal acetylenes is 1. The Morgan fingerprint density at radius 3 is 2.60 bits per heavy atom. The second-order valence-electron chi connectivity index (χ2n) is 2.59. The quantitative estimate of drug-likeness (QED) is 0.518. The molecule has 0 spiro atoms. The first-order valence-electron chi connectivity index (χ1n) is 2.99. The van der Waals surface area contributed by atoms with Crippen LogP contribution in [0.4, 0.5) is 0 Å². The van der Waals surface area contributed by atoms with Crippen molar-refractivity contribution >= 4 is 5.91 Å². The number of carbonyl (C=O) groups is 1. The van der Waals surface area contributed by atoms with Crippen LogP contribution < -0.4 is 11.1 Å². The molecule has 0 aliphatic heterocycles. The van der Waals surface area contributed by atoms with Crippen LogP contribution in [0, 0.1) is 12.3 Å². The molecule has 1 amide bonds. The molecule has 0 aromatic carbocycles. The first kappa shape index (κ1) is 8.99. The highest BCUT2D eigenvalue weighted by Gasteiger charge is 2.12. The van der Waals surface area contributed by atoms with Crippen LogP contribution in [0.2, 0.25) is 0 Å². The van der Waals surface area contributed by atoms with Crippen LogP contribution in [0.1, 0.15) is 13.8 Å². The van der Waals surface area contributed by atoms with Crippen LogP contribution in [0.5, 0.6) is 0 Å². The van der Waals surface area contributed by atoms with Crippen molar-refractivity contribution in [1.29, 1.82) is 0 Å². The van der Waals surface area contributed by atoms with Crippen molar-refractivity contribution in [3.05, 3.63) is 0 Å². The van der Waals surface area contributed by atoms with Crippen molar-refractivity contribution in [2.45, 2.75) is 19.4 Å². The molecule has 56 valence electrons. The van der Waals surface area contributed by atoms with E-state index in [1.54, 1.807) is 13.8 Å². The van der Waals surface area contributed by atoms with Gasteiger partial charge in [0.1, 0.15) is 0 Å². The number of primary amides is 1. The van der Waals surface area contributed by atoms with Gasteiger partial charge in [-0.05, 0) is 13.8 Å². The Morgan fingerprint density at radius 2 is 2.30 bits per heavy atom. The minimum Gasteiger partial charge on any atom is -0.369 e. The summed E-state index contributed by atoms with van der Waals surface area (Å²) in [6.07, 6.45) is 5.13. The van der Waals surface area contributed by atoms with Gasteiger partial charge in [-0.15, -0.1) is 6.42 Å². The average molecular weight is 140 g/mol. The van der Waals surface area contributed by atoms with E-state index < -0.39 is 11.4 Å². The zero-order valence-corrected chi connectivity index (χ0v) is 6.27. The number of hydrogen-bond donors (Lipinski definition) is 2. The van der Waals surface area contributed by atoms with Gasteiger partial charge in [0.2, 0.25) is 5.91 Å². The molecule has 0 aromatic heterocycles. The highest BCUT2D eigenvalue weighted by atomic mass is 16.1. The molecule has 0 atom stereocenters. The molecule has 0 heterocycles. The van der Waals surface area contributed by atoms with Crippen molar-refractivity contribution in [3.8, 4) is 12.3 Å². The van der Waals surface area contributed by atoms with E-state index >= 15 is 0 Å². The van der Waals surface area contributed by atoms with E-state index in [9.17, 15) is 4.79 Å². The second kappa shape index (κ2) is 3.23. The lowest BCUT2D eigenvalue weighted by Gasteiger charge is -2.17. The lowest BCUT2D eigenvalue weighted by atomic mass is 10.1. The summed E-state index contributed by atoms with van der Waals surface area (Å²) in [6.45, 7) is 3.73. The van der Waals surface area contributed by atoms with Crippen LogP contribution in [0.3, 0.4) is 0 Å². The molecule has 0 unspecified atom stereocenters. The van der Waals surface area contributed by atoms with Gasteiger partial charge in [0, 0.05) is 0 Å². The summed E-state index contributed by atoms with van der Waals surface area (Å²) in [5.74, 6) is 2.08. The molecule has 0 fully saturated rings. The van der Waals surface area contributed by atoms with Gasteiger partial charge in [-0.2, -0.15) is 0 Å². The van der Waals surface area contributed by atoms with Crippen LogP contribution in [0.15, 0.2) is 0 Å². The highest BCUT2D eigenvalue weighted by Crippen LogP contribution is 1.96. The van der Waals surface area contributed by atoms with Gasteiger partial charge in [0.05, 0.1) is 12.1 Å². The monoisotopic (exact) mass is 140 g/mol. The maximum Gasteiger partial charge on any atom is 0.231 e. The first-order valence-corrected chi connectivity index (χ1v) is 2.99. The van der Waals surface area contributed by atoms with Gasteiger partial charge in [0.15, 0.2) is 0 Å². The Hall–Kier alpha value is -1.01. The van der Waals surface area contributed by atoms with Gasteiger partial charge < -0.3 is 5.73 Å². The molecular formula is C7H12N2O. The van der Waals surface area contributed by atoms with E-state index in [2.05, 4.69) is 11.2 Å². The van der Waals surface area contributed by atoms with Crippen LogP contribution in [0.25, 0.3) is 0 Å². The lowest BCUT2D eigenvalue weighted by Crippen LogP contribution is -2.42. The molecule has 3 N–H and O–H groups in total. The number of carbonyl (C=O) groups excluding carboxylic acids is 1. The number of rotatable bonds is 3. The summed E-state index contributed by atoms with van der Waals surface area (Å²) in [6, 6.07) is 0. The van der Waals surface area contributed by atoms with Crippen molar-refractivity contribution in [2.75, 3.05) is 6.54 Å². The molecule has 3 nitrogen and oxygen atoms in total. The van der Waals surface area contributed by atoms with Gasteiger partial charge in [0.25, 0.3) is 0 Å². The van der Waals surface area contributed by atoms with E-state index in [1.807, 2.05) is 0 Å². The Bertz CT molecular complexity index is 167. The van der Waals surface area contributed by atoms with Crippen molar-refractivity contribution in [1.82, 2.24) is 5.32 Å². The molecule has 0 aliphatic rings. The fourth-order valence-electron chi connectivity index (χ4n) is 0.359. The topological polar surface area (TPSA) is 55.1 Å². The smallest absolute Gasteiger partial charge is 0.231 e. The molecule has 0 aromatic rings. The molecule has 0 saturated carbocycles. The third-order valence-corrected chi connectivity index (χ3v) is 1.07. The highest BCUT2D eigenvalue weighted by molar-refractivity contribution is 5.76. The van der Waals surface area contributed by atoms with Gasteiger partial charge in [-0.3, -0.25) is 10.1 Å². The zero-order chi connectivity index (χ0) is 8.20. The summed E-state index contributed by atoms with van der Waals surface area (Å²) >= 11 is 0. The van der Waals surface area contributed by atoms with Gasteiger partial charge >= 0.3 is 0 Å². The third kappa shape index (κ3) is 3.93. The molecule has 0 bridgehead atoms. The normalized spacial score (nSPS) is 10.5. The second-order valence-corrected chi connectivity index (χ2v) is 2.59. The van der Waals surface area contributed by atoms with E-state index in [4.69, 9.17) is 12.2 Å². The van der Waals surface area contributed by atoms with Crippen molar-refractivity contribution in [3.63, 3.8) is 0 Å². The Morgan fingerprint density at radius 1 is 1.80 bits per heavy atom. The van der Waals surface area contributed by atoms with Crippen molar-refractivity contribution in [2.24, 2.45) is 5.73 Å². The zero-order valence-electron chi connectivity index (χ0n) is 6.27. The number of nitrogens with one attached hydrogen (secondary N) is 1. The fraction of sp³-hybridized carbons (Fsp3) is 0.571. The largest absolute Gasteiger partial charge is 0.369 e. The fourth-order valence-corrected chi connectivity index (χ4v) is 0.359. The first-order chi connectivity index (χ1) is 4.48. The Balaban J connectivity index is 3.71. The van der Waals surface area contributed by atoms with E-state index in [-0.39, 0.29) is 6.54 Å². The third-order valence-electron chi connectivity index (χ3n) is 1.07. The van der Waals surface area contributed by atoms with Gasteiger partial charge in [-0.1, -0.05) is 5.92 Å². The standard InChI is InChI=1S/C7H12N2O/c1-4-7(2,3)9-5-6(8)10/h1,9H,5H2,2-3H3,(H2,8,10). The van der Waals surface area contributed by atoms with Gasteiger partial charge in [-0.25, -0.2) is 0 Å². The maximum absolute atomic E-state index is 10.3. The minimum absolute atomic E-state index is 0.122. The summed E-state index contributed by atoms with van der Waals surface area (Å²) in [5, 5.41) is 2.80. The van der Waals surface area contributed by atoms with Crippen LogP contribution in [-0.2, 0) is 4.79 Å². The number of hydrogen-bond acceptors (Lipinski definition) is 2. The summed E-state index contributed by atoms with van der Waals surface area (Å²) in [5.41, 5.74) is 4.43. The molecular weight excluding hydrogens is 128 g/mol. The predicted molar refractivity (Wildman–Crippen MR) is 40.1 cm³/mol. The van der Waals surface area contributed by atoms with E-state index in [0.29, 0.717) is 0 Å². The minimum atomic E-state index is -0.449. The molecule has 0 rings (SSSR count). The summed E-state index contributed by atoms with van der Waals surface area (Å²) in [7, 11) is 0. The van der Waals surface area contributed by atoms with Crippen LogP contribution in [-0.4, -0.2) is 18.0 Å². The predicted octanol–water partition coefficient (Wildman–Crippen LogP) is -0.527. The van der Waals surface area contributed by atoms with E-state index in [0.717, 1.165) is 0 Å². The summed E-state index contributed by atoms with van der Waals surface area (Å²) < 4.78 is 0. The van der Waals surface area contributed by atoms with Crippen LogP contribution >= 0.6 is 0 Å². The summed E-state index contributed by atoms with van der Waals surface area (Å²) in [4.78, 5) is 10.3.